The van der Waals surface area contributed by atoms with Gasteiger partial charge < -0.3 is 21.1 Å². The van der Waals surface area contributed by atoms with Crippen molar-refractivity contribution in [2.75, 3.05) is 42.7 Å². The van der Waals surface area contributed by atoms with Crippen LogP contribution in [0.15, 0.2) is 48.7 Å². The minimum absolute atomic E-state index is 0.0732. The second kappa shape index (κ2) is 11.1. The maximum atomic E-state index is 15.1. The number of amides is 2. The fraction of sp³-hybridized carbons (Fsp3) is 0.269. The minimum Gasteiger partial charge on any atom is -0.380 e. The van der Waals surface area contributed by atoms with E-state index in [2.05, 4.69) is 20.3 Å². The molecule has 14 heteroatoms. The van der Waals surface area contributed by atoms with Crippen molar-refractivity contribution in [3.63, 3.8) is 0 Å². The van der Waals surface area contributed by atoms with E-state index in [1.165, 1.54) is 18.3 Å². The van der Waals surface area contributed by atoms with Crippen LogP contribution in [0, 0.1) is 11.6 Å². The smallest absolute Gasteiger partial charge is 0.380 e. The van der Waals surface area contributed by atoms with Crippen molar-refractivity contribution in [2.24, 2.45) is 0 Å². The summed E-state index contributed by atoms with van der Waals surface area (Å²) in [7, 11) is 0. The number of fused-ring (bicyclic) bond motifs is 1. The van der Waals surface area contributed by atoms with Crippen molar-refractivity contribution >= 4 is 28.9 Å². The van der Waals surface area contributed by atoms with Crippen molar-refractivity contribution in [3.05, 3.63) is 71.6 Å². The fourth-order valence-corrected chi connectivity index (χ4v) is 4.45. The average Bonchev–Trinajstić information content (AvgIpc) is 3.05. The van der Waals surface area contributed by atoms with Gasteiger partial charge in [0.05, 0.1) is 41.0 Å². The van der Waals surface area contributed by atoms with Crippen LogP contribution in [0.1, 0.15) is 17.7 Å². The molecule has 0 atom stereocenters. The third-order valence-electron chi connectivity index (χ3n) is 6.38. The summed E-state index contributed by atoms with van der Waals surface area (Å²) in [5, 5.41) is 8.50. The van der Waals surface area contributed by atoms with Crippen LogP contribution in [0.25, 0.3) is 16.6 Å². The number of benzene rings is 2. The number of nitrogens with zero attached hydrogens (tertiary/aromatic N) is 4. The molecule has 0 radical (unpaired) electrons. The molecule has 0 spiro atoms. The molecule has 0 aliphatic carbocycles. The van der Waals surface area contributed by atoms with E-state index >= 15 is 4.39 Å². The third kappa shape index (κ3) is 5.97. The molecule has 9 nitrogen and oxygen atoms in total. The van der Waals surface area contributed by atoms with Crippen LogP contribution in [0.3, 0.4) is 0 Å². The van der Waals surface area contributed by atoms with Gasteiger partial charge in [-0.05, 0) is 48.4 Å². The van der Waals surface area contributed by atoms with Crippen LogP contribution in [-0.4, -0.2) is 51.8 Å². The molecular weight excluding hydrogens is 537 g/mol. The summed E-state index contributed by atoms with van der Waals surface area (Å²) < 4.78 is 75.1. The molecule has 1 saturated heterocycles. The van der Waals surface area contributed by atoms with Gasteiger partial charge in [-0.25, -0.2) is 23.1 Å². The first kappa shape index (κ1) is 27.3. The highest BCUT2D eigenvalue weighted by Gasteiger charge is 2.31. The van der Waals surface area contributed by atoms with Gasteiger partial charge in [-0.3, -0.25) is 4.90 Å². The predicted molar refractivity (Wildman–Crippen MR) is 138 cm³/mol. The van der Waals surface area contributed by atoms with E-state index < -0.39 is 35.1 Å². The first-order chi connectivity index (χ1) is 19.1. The summed E-state index contributed by atoms with van der Waals surface area (Å²) in [4.78, 5) is 18.6. The first-order valence-corrected chi connectivity index (χ1v) is 12.3. The highest BCUT2D eigenvalue weighted by Crippen LogP contribution is 2.33. The number of rotatable bonds is 5. The van der Waals surface area contributed by atoms with Crippen LogP contribution in [0.4, 0.5) is 44.1 Å². The maximum Gasteiger partial charge on any atom is 0.416 e. The molecule has 3 heterocycles. The Morgan fingerprint density at radius 2 is 1.80 bits per heavy atom. The van der Waals surface area contributed by atoms with Crippen molar-refractivity contribution in [2.45, 2.75) is 19.1 Å². The van der Waals surface area contributed by atoms with Crippen molar-refractivity contribution in [1.82, 2.24) is 19.5 Å². The van der Waals surface area contributed by atoms with Crippen molar-refractivity contribution in [1.29, 1.82) is 0 Å². The molecule has 4 aromatic rings. The Bertz CT molecular complexity index is 1550. The van der Waals surface area contributed by atoms with Crippen LogP contribution >= 0.6 is 0 Å². The second-order valence-electron chi connectivity index (χ2n) is 9.17. The average molecular weight is 562 g/mol. The van der Waals surface area contributed by atoms with Gasteiger partial charge in [-0.1, -0.05) is 6.07 Å². The van der Waals surface area contributed by atoms with Crippen LogP contribution in [0.5, 0.6) is 0 Å². The highest BCUT2D eigenvalue weighted by atomic mass is 19.4. The summed E-state index contributed by atoms with van der Waals surface area (Å²) in [5.74, 6) is -1.82. The zero-order valence-corrected chi connectivity index (χ0v) is 20.9. The van der Waals surface area contributed by atoms with Gasteiger partial charge in [-0.2, -0.15) is 13.2 Å². The van der Waals surface area contributed by atoms with E-state index in [0.717, 1.165) is 25.2 Å². The highest BCUT2D eigenvalue weighted by molar-refractivity contribution is 6.00. The summed E-state index contributed by atoms with van der Waals surface area (Å²) in [6.45, 7) is 3.43. The number of hydrogen-bond donors (Lipinski definition) is 3. The van der Waals surface area contributed by atoms with Crippen LogP contribution in [0.2, 0.25) is 0 Å². The topological polar surface area (TPSA) is 110 Å². The number of anilines is 3. The molecule has 2 aromatic heterocycles. The molecule has 0 bridgehead atoms. The lowest BCUT2D eigenvalue weighted by Crippen LogP contribution is -2.26. The molecule has 0 unspecified atom stereocenters. The Kier molecular flexibility index (Phi) is 7.54. The largest absolute Gasteiger partial charge is 0.416 e. The lowest BCUT2D eigenvalue weighted by Gasteiger charge is -2.18. The summed E-state index contributed by atoms with van der Waals surface area (Å²) in [6.07, 6.45) is -2.31. The molecule has 1 aliphatic heterocycles. The van der Waals surface area contributed by atoms with Gasteiger partial charge in [-0.15, -0.1) is 5.10 Å². The number of aromatic nitrogens is 3. The van der Waals surface area contributed by atoms with Crippen molar-refractivity contribution in [3.8, 4) is 11.1 Å². The van der Waals surface area contributed by atoms with E-state index in [1.807, 2.05) is 11.4 Å². The number of nitrogens with two attached hydrogens (primary N) is 1. The molecule has 4 N–H and O–H groups in total. The van der Waals surface area contributed by atoms with Crippen LogP contribution < -0.4 is 16.4 Å². The van der Waals surface area contributed by atoms with E-state index in [-0.39, 0.29) is 11.6 Å². The van der Waals surface area contributed by atoms with E-state index in [9.17, 15) is 22.4 Å². The Morgan fingerprint density at radius 1 is 1.00 bits per heavy atom. The molecule has 2 amide bonds. The molecule has 210 valence electrons. The predicted octanol–water partition coefficient (Wildman–Crippen LogP) is 5.14. The van der Waals surface area contributed by atoms with Gasteiger partial charge in [0.2, 0.25) is 5.95 Å². The van der Waals surface area contributed by atoms with Gasteiger partial charge in [0, 0.05) is 31.8 Å². The number of nitrogens with one attached hydrogen (secondary N) is 2. The van der Waals surface area contributed by atoms with E-state index in [0.29, 0.717) is 54.6 Å². The minimum atomic E-state index is -4.73. The Morgan fingerprint density at radius 3 is 2.58 bits per heavy atom. The Hall–Kier alpha value is -4.30. The standard InChI is InChI=1S/C26H24F5N7O2/c27-19-4-3-16(26(29,30)31)11-22(19)35-25(39)34-21-5-2-15(10-20(21)28)18-12-17(14-37-6-1-8-40-9-7-37)38-23(18)13-33-24(32)36-38/h2-5,10-13H,1,6-9,14H2,(H2,32,36)(H2,34,35,39). The monoisotopic (exact) mass is 561 g/mol. The summed E-state index contributed by atoms with van der Waals surface area (Å²) >= 11 is 0. The summed E-state index contributed by atoms with van der Waals surface area (Å²) in [6, 6.07) is 6.37. The molecule has 5 rings (SSSR count). The lowest BCUT2D eigenvalue weighted by molar-refractivity contribution is -0.137. The maximum absolute atomic E-state index is 15.1. The zero-order chi connectivity index (χ0) is 28.4. The number of halogens is 5. The summed E-state index contributed by atoms with van der Waals surface area (Å²) in [5.41, 5.74) is 6.20. The number of alkyl halides is 3. The van der Waals surface area contributed by atoms with E-state index in [4.69, 9.17) is 10.5 Å². The number of carbonyl (C=O) groups is 1. The Balaban J connectivity index is 1.37. The quantitative estimate of drug-likeness (QED) is 0.291. The van der Waals surface area contributed by atoms with Crippen molar-refractivity contribution < 1.29 is 31.5 Å². The molecule has 1 fully saturated rings. The molecule has 1 aliphatic rings. The first-order valence-electron chi connectivity index (χ1n) is 12.3. The van der Waals surface area contributed by atoms with Crippen LogP contribution in [-0.2, 0) is 17.5 Å². The number of nitrogen functional groups attached to an aromatic ring is 1. The normalized spacial score (nSPS) is 14.7. The second-order valence-corrected chi connectivity index (χ2v) is 9.17. The SMILES string of the molecule is Nc1ncc2c(-c3ccc(NC(=O)Nc4cc(C(F)(F)F)ccc4F)c(F)c3)cc(CN3CCCOCC3)n2n1. The Labute approximate surface area is 224 Å². The third-order valence-corrected chi connectivity index (χ3v) is 6.38. The molecule has 40 heavy (non-hydrogen) atoms. The van der Waals surface area contributed by atoms with Gasteiger partial charge >= 0.3 is 12.2 Å². The van der Waals surface area contributed by atoms with E-state index in [1.54, 1.807) is 10.6 Å². The molecule has 0 saturated carbocycles. The zero-order valence-electron chi connectivity index (χ0n) is 20.9. The fourth-order valence-electron chi connectivity index (χ4n) is 4.45. The number of ether oxygens (including phenoxy) is 1. The van der Waals surface area contributed by atoms with Gasteiger partial charge in [0.25, 0.3) is 0 Å². The number of hydrogen-bond acceptors (Lipinski definition) is 6. The van der Waals surface area contributed by atoms with Gasteiger partial charge in [0.15, 0.2) is 0 Å². The number of urea groups is 1. The van der Waals surface area contributed by atoms with Gasteiger partial charge in [0.1, 0.15) is 11.6 Å². The lowest BCUT2D eigenvalue weighted by atomic mass is 10.1. The molecular formula is C26H24F5N7O2. The molecule has 2 aromatic carbocycles. The number of carbonyl (C=O) groups excluding carboxylic acids is 1.